The molecule has 3 heterocycles. The number of nitrogens with zero attached hydrogens (tertiary/aromatic N) is 3. The van der Waals surface area contributed by atoms with Crippen molar-refractivity contribution in [1.82, 2.24) is 9.88 Å². The summed E-state index contributed by atoms with van der Waals surface area (Å²) in [5, 5.41) is 9.19. The summed E-state index contributed by atoms with van der Waals surface area (Å²) in [5.41, 5.74) is 6.26. The van der Waals surface area contributed by atoms with E-state index < -0.39 is 6.09 Å². The molecular weight excluding hydrogens is 232 g/mol. The van der Waals surface area contributed by atoms with E-state index >= 15 is 0 Å². The summed E-state index contributed by atoms with van der Waals surface area (Å²) in [4.78, 5) is 19.2. The van der Waals surface area contributed by atoms with Crippen molar-refractivity contribution in [2.45, 2.75) is 24.9 Å². The van der Waals surface area contributed by atoms with Gasteiger partial charge in [-0.15, -0.1) is 0 Å². The van der Waals surface area contributed by atoms with Crippen LogP contribution in [0.5, 0.6) is 0 Å². The molecule has 2 fully saturated rings. The van der Waals surface area contributed by atoms with Crippen molar-refractivity contribution >= 4 is 17.6 Å². The molecule has 3 rings (SSSR count). The molecule has 0 radical (unpaired) electrons. The van der Waals surface area contributed by atoms with E-state index in [1.165, 1.54) is 0 Å². The summed E-state index contributed by atoms with van der Waals surface area (Å²) in [6.45, 7) is 1.44. The average molecular weight is 248 g/mol. The van der Waals surface area contributed by atoms with Crippen LogP contribution in [0.4, 0.5) is 16.3 Å². The third-order valence-electron chi connectivity index (χ3n) is 3.80. The van der Waals surface area contributed by atoms with Gasteiger partial charge in [0.15, 0.2) is 0 Å². The second kappa shape index (κ2) is 4.04. The molecule has 1 aromatic heterocycles. The molecule has 3 N–H and O–H groups in total. The molecule has 96 valence electrons. The van der Waals surface area contributed by atoms with E-state index in [9.17, 15) is 9.90 Å². The molecule has 0 aliphatic carbocycles. The molecule has 18 heavy (non-hydrogen) atoms. The zero-order valence-corrected chi connectivity index (χ0v) is 9.99. The quantitative estimate of drug-likeness (QED) is 0.774. The van der Waals surface area contributed by atoms with Crippen LogP contribution in [0.1, 0.15) is 12.8 Å². The van der Waals surface area contributed by atoms with Gasteiger partial charge in [0.25, 0.3) is 0 Å². The molecule has 6 heteroatoms. The normalized spacial score (nSPS) is 26.4. The van der Waals surface area contributed by atoms with Gasteiger partial charge in [0.05, 0.1) is 24.0 Å². The van der Waals surface area contributed by atoms with Gasteiger partial charge < -0.3 is 15.7 Å². The monoisotopic (exact) mass is 248 g/mol. The number of amides is 1. The number of pyridine rings is 1. The van der Waals surface area contributed by atoms with Gasteiger partial charge in [-0.05, 0) is 25.0 Å². The highest BCUT2D eigenvalue weighted by molar-refractivity contribution is 5.67. The van der Waals surface area contributed by atoms with Gasteiger partial charge in [-0.2, -0.15) is 0 Å². The lowest BCUT2D eigenvalue weighted by Gasteiger charge is -2.40. The number of rotatable bonds is 1. The highest BCUT2D eigenvalue weighted by Gasteiger charge is 2.42. The second-order valence-electron chi connectivity index (χ2n) is 4.93. The maximum absolute atomic E-state index is 11.2. The smallest absolute Gasteiger partial charge is 0.407 e. The summed E-state index contributed by atoms with van der Waals surface area (Å²) < 4.78 is 0. The number of piperazine rings is 1. The van der Waals surface area contributed by atoms with Crippen LogP contribution >= 0.6 is 0 Å². The number of fused-ring (bicyclic) bond motifs is 2. The van der Waals surface area contributed by atoms with Crippen LogP contribution in [-0.4, -0.2) is 46.3 Å². The van der Waals surface area contributed by atoms with Crippen molar-refractivity contribution in [3.05, 3.63) is 18.3 Å². The highest BCUT2D eigenvalue weighted by Crippen LogP contribution is 2.32. The second-order valence-corrected chi connectivity index (χ2v) is 4.93. The Bertz CT molecular complexity index is 448. The SMILES string of the molecule is Nc1ccc(N2CC3CCC(C2)N3C(=O)O)nc1. The first-order valence-electron chi connectivity index (χ1n) is 6.13. The Morgan fingerprint density at radius 2 is 2.00 bits per heavy atom. The van der Waals surface area contributed by atoms with Crippen molar-refractivity contribution in [2.75, 3.05) is 23.7 Å². The molecule has 0 saturated carbocycles. The molecule has 1 amide bonds. The Balaban J connectivity index is 1.79. The Labute approximate surface area is 105 Å². The van der Waals surface area contributed by atoms with E-state index in [4.69, 9.17) is 5.73 Å². The topological polar surface area (TPSA) is 82.7 Å². The number of nitrogen functional groups attached to an aromatic ring is 1. The fourth-order valence-electron chi connectivity index (χ4n) is 2.99. The van der Waals surface area contributed by atoms with Crippen molar-refractivity contribution < 1.29 is 9.90 Å². The molecule has 2 unspecified atom stereocenters. The van der Waals surface area contributed by atoms with Gasteiger partial charge in [0.1, 0.15) is 5.82 Å². The molecule has 0 aromatic carbocycles. The Kier molecular flexibility index (Phi) is 2.50. The first kappa shape index (κ1) is 11.1. The van der Waals surface area contributed by atoms with Gasteiger partial charge in [-0.1, -0.05) is 0 Å². The number of nitrogens with two attached hydrogens (primary N) is 1. The number of carboxylic acid groups (broad SMARTS) is 1. The van der Waals surface area contributed by atoms with Crippen molar-refractivity contribution in [1.29, 1.82) is 0 Å². The van der Waals surface area contributed by atoms with Crippen molar-refractivity contribution in [3.63, 3.8) is 0 Å². The van der Waals surface area contributed by atoms with E-state index in [2.05, 4.69) is 9.88 Å². The van der Waals surface area contributed by atoms with Crippen molar-refractivity contribution in [3.8, 4) is 0 Å². The van der Waals surface area contributed by atoms with Crippen molar-refractivity contribution in [2.24, 2.45) is 0 Å². The predicted molar refractivity (Wildman–Crippen MR) is 67.5 cm³/mol. The van der Waals surface area contributed by atoms with Crippen LogP contribution < -0.4 is 10.6 Å². The predicted octanol–water partition coefficient (Wildman–Crippen LogP) is 0.995. The summed E-state index contributed by atoms with van der Waals surface area (Å²) in [6.07, 6.45) is 2.73. The number of carbonyl (C=O) groups is 1. The molecule has 2 aliphatic rings. The molecular formula is C12H16N4O2. The maximum atomic E-state index is 11.2. The van der Waals surface area contributed by atoms with Crippen LogP contribution in [0.25, 0.3) is 0 Å². The van der Waals surface area contributed by atoms with Gasteiger partial charge in [-0.25, -0.2) is 9.78 Å². The highest BCUT2D eigenvalue weighted by atomic mass is 16.4. The molecule has 2 saturated heterocycles. The van der Waals surface area contributed by atoms with Gasteiger partial charge in [0.2, 0.25) is 0 Å². The van der Waals surface area contributed by atoms with Crippen LogP contribution in [0, 0.1) is 0 Å². The van der Waals surface area contributed by atoms with Gasteiger partial charge >= 0.3 is 6.09 Å². The largest absolute Gasteiger partial charge is 0.465 e. The van der Waals surface area contributed by atoms with Crippen LogP contribution in [0.15, 0.2) is 18.3 Å². The van der Waals surface area contributed by atoms with E-state index in [0.29, 0.717) is 5.69 Å². The minimum atomic E-state index is -0.799. The molecule has 2 aliphatic heterocycles. The Morgan fingerprint density at radius 3 is 2.50 bits per heavy atom. The fourth-order valence-corrected chi connectivity index (χ4v) is 2.99. The third-order valence-corrected chi connectivity index (χ3v) is 3.80. The zero-order valence-electron chi connectivity index (χ0n) is 9.99. The van der Waals surface area contributed by atoms with E-state index in [1.807, 2.05) is 12.1 Å². The molecule has 0 spiro atoms. The summed E-state index contributed by atoms with van der Waals surface area (Å²) >= 11 is 0. The lowest BCUT2D eigenvalue weighted by Crippen LogP contribution is -2.55. The molecule has 2 atom stereocenters. The lowest BCUT2D eigenvalue weighted by atomic mass is 10.2. The minimum absolute atomic E-state index is 0.0978. The maximum Gasteiger partial charge on any atom is 0.407 e. The van der Waals surface area contributed by atoms with E-state index in [-0.39, 0.29) is 12.1 Å². The van der Waals surface area contributed by atoms with Gasteiger partial charge in [0, 0.05) is 13.1 Å². The standard InChI is InChI=1S/C12H16N4O2/c13-8-1-4-11(14-5-8)15-6-9-2-3-10(7-15)16(9)12(17)18/h1,4-5,9-10H,2-3,6-7,13H2,(H,17,18). The van der Waals surface area contributed by atoms with E-state index in [1.54, 1.807) is 11.1 Å². The molecule has 6 nitrogen and oxygen atoms in total. The summed E-state index contributed by atoms with van der Waals surface area (Å²) in [5.74, 6) is 0.881. The van der Waals surface area contributed by atoms with E-state index in [0.717, 1.165) is 31.7 Å². The minimum Gasteiger partial charge on any atom is -0.465 e. The van der Waals surface area contributed by atoms with Crippen LogP contribution in [0.3, 0.4) is 0 Å². The fraction of sp³-hybridized carbons (Fsp3) is 0.500. The number of anilines is 2. The van der Waals surface area contributed by atoms with Crippen LogP contribution in [0.2, 0.25) is 0 Å². The van der Waals surface area contributed by atoms with Crippen LogP contribution in [-0.2, 0) is 0 Å². The average Bonchev–Trinajstić information content (AvgIpc) is 2.62. The number of hydrogen-bond acceptors (Lipinski definition) is 4. The number of hydrogen-bond donors (Lipinski definition) is 2. The summed E-state index contributed by atoms with van der Waals surface area (Å²) in [7, 11) is 0. The summed E-state index contributed by atoms with van der Waals surface area (Å²) in [6, 6.07) is 3.92. The number of aromatic nitrogens is 1. The Hall–Kier alpha value is -1.98. The van der Waals surface area contributed by atoms with Gasteiger partial charge in [-0.3, -0.25) is 4.90 Å². The molecule has 1 aromatic rings. The first-order valence-corrected chi connectivity index (χ1v) is 6.13. The zero-order chi connectivity index (χ0) is 12.7. The third kappa shape index (κ3) is 1.73. The Morgan fingerprint density at radius 1 is 1.33 bits per heavy atom. The first-order chi connectivity index (χ1) is 8.65. The lowest BCUT2D eigenvalue weighted by molar-refractivity contribution is 0.114. The molecule has 2 bridgehead atoms.